The van der Waals surface area contributed by atoms with Crippen LogP contribution in [0.15, 0.2) is 30.3 Å². The fraction of sp³-hybridized carbons (Fsp3) is 0.577. The lowest BCUT2D eigenvalue weighted by molar-refractivity contribution is -0.228. The van der Waals surface area contributed by atoms with Crippen LogP contribution in [0.2, 0.25) is 23.2 Å². The maximum Gasteiger partial charge on any atom is 0.407 e. The van der Waals surface area contributed by atoms with E-state index in [0.717, 1.165) is 5.56 Å². The Hall–Kier alpha value is -2.40. The Morgan fingerprint density at radius 1 is 1.14 bits per heavy atom. The summed E-state index contributed by atoms with van der Waals surface area (Å²) in [7, 11) is -2.22. The Kier molecular flexibility index (Phi) is 10.4. The molecule has 1 aromatic heterocycles. The van der Waals surface area contributed by atoms with E-state index in [-0.39, 0.29) is 30.5 Å². The number of hydrogen-bond acceptors (Lipinski definition) is 7. The zero-order valence-corrected chi connectivity index (χ0v) is 25.1. The van der Waals surface area contributed by atoms with Gasteiger partial charge in [-0.25, -0.2) is 14.5 Å². The molecule has 0 spiro atoms. The van der Waals surface area contributed by atoms with Crippen LogP contribution in [-0.2, 0) is 18.9 Å². The van der Waals surface area contributed by atoms with E-state index in [9.17, 15) is 9.59 Å². The number of carbonyl (C=O) groups is 2. The third-order valence-corrected chi connectivity index (χ3v) is 10.3. The zero-order valence-electron chi connectivity index (χ0n) is 23.3. The largest absolute Gasteiger partial charge is 0.461 e. The van der Waals surface area contributed by atoms with Gasteiger partial charge in [0.1, 0.15) is 17.9 Å². The predicted molar refractivity (Wildman–Crippen MR) is 146 cm³/mol. The Bertz CT molecular complexity index is 1070. The first kappa shape index (κ1) is 30.8. The molecule has 1 unspecified atom stereocenters. The molecule has 11 heteroatoms. The number of nitrogens with one attached hydrogen (secondary N) is 1. The van der Waals surface area contributed by atoms with E-state index in [0.29, 0.717) is 10.7 Å². The van der Waals surface area contributed by atoms with Gasteiger partial charge in [-0.2, -0.15) is 5.10 Å². The highest BCUT2D eigenvalue weighted by Crippen LogP contribution is 2.36. The van der Waals surface area contributed by atoms with Crippen LogP contribution in [0.25, 0.3) is 11.3 Å². The Morgan fingerprint density at radius 3 is 2.38 bits per heavy atom. The monoisotopic (exact) mass is 553 g/mol. The van der Waals surface area contributed by atoms with Crippen LogP contribution < -0.4 is 5.32 Å². The third kappa shape index (κ3) is 9.13. The van der Waals surface area contributed by atoms with Gasteiger partial charge in [-0.05, 0) is 64.0 Å². The minimum atomic E-state index is -2.22. The van der Waals surface area contributed by atoms with Crippen molar-refractivity contribution in [2.45, 2.75) is 78.2 Å². The highest BCUT2D eigenvalue weighted by atomic mass is 35.5. The topological polar surface area (TPSA) is 101 Å². The van der Waals surface area contributed by atoms with E-state index in [1.54, 1.807) is 52.0 Å². The van der Waals surface area contributed by atoms with Crippen molar-refractivity contribution in [1.29, 1.82) is 0 Å². The molecule has 2 rings (SSSR count). The van der Waals surface area contributed by atoms with Crippen molar-refractivity contribution in [3.63, 3.8) is 0 Å². The standard InChI is InChI=1S/C26H40ClN3O6Si/c1-10-33-23(31)22-15-21(18-12-11-13-19(27)14-18)29-30(22)20(16-28-24(32)35-25(2,3)4)17-34-36-37(8,9)26(5,6)7/h11-15,20H,10,16-17H2,1-9H3,(H,28,32). The second-order valence-corrected chi connectivity index (χ2v) is 16.4. The summed E-state index contributed by atoms with van der Waals surface area (Å²) >= 11 is 6.18. The van der Waals surface area contributed by atoms with Gasteiger partial charge in [0.25, 0.3) is 0 Å². The normalized spacial score (nSPS) is 13.2. The summed E-state index contributed by atoms with van der Waals surface area (Å²) in [5, 5.41) is 7.91. The second-order valence-electron chi connectivity index (χ2n) is 11.3. The average Bonchev–Trinajstić information content (AvgIpc) is 3.19. The molecule has 0 saturated heterocycles. The molecular weight excluding hydrogens is 514 g/mol. The first-order chi connectivity index (χ1) is 17.0. The van der Waals surface area contributed by atoms with E-state index in [4.69, 9.17) is 30.5 Å². The molecule has 0 aliphatic rings. The van der Waals surface area contributed by atoms with Gasteiger partial charge in [-0.15, -0.1) is 0 Å². The lowest BCUT2D eigenvalue weighted by Crippen LogP contribution is -2.42. The fourth-order valence-corrected chi connectivity index (χ4v) is 3.74. The van der Waals surface area contributed by atoms with E-state index in [1.807, 2.05) is 6.07 Å². The molecule has 1 amide bonds. The van der Waals surface area contributed by atoms with Crippen LogP contribution in [0.4, 0.5) is 4.79 Å². The molecule has 0 fully saturated rings. The van der Waals surface area contributed by atoms with Crippen LogP contribution in [0.3, 0.4) is 0 Å². The molecule has 0 aliphatic carbocycles. The van der Waals surface area contributed by atoms with Crippen molar-refractivity contribution < 1.29 is 28.5 Å². The predicted octanol–water partition coefficient (Wildman–Crippen LogP) is 6.40. The SMILES string of the molecule is CCOC(=O)c1cc(-c2cccc(Cl)c2)nn1C(CNC(=O)OC(C)(C)C)COO[Si](C)(C)C(C)(C)C. The smallest absolute Gasteiger partial charge is 0.407 e. The minimum Gasteiger partial charge on any atom is -0.461 e. The summed E-state index contributed by atoms with van der Waals surface area (Å²) in [5.74, 6) is -0.545. The van der Waals surface area contributed by atoms with Crippen LogP contribution in [0.5, 0.6) is 0 Å². The Balaban J connectivity index is 2.42. The van der Waals surface area contributed by atoms with Crippen molar-refractivity contribution in [3.05, 3.63) is 41.0 Å². The molecule has 0 radical (unpaired) electrons. The van der Waals surface area contributed by atoms with Crippen molar-refractivity contribution in [2.24, 2.45) is 0 Å². The van der Waals surface area contributed by atoms with E-state index < -0.39 is 32.0 Å². The van der Waals surface area contributed by atoms with Gasteiger partial charge in [0, 0.05) is 17.1 Å². The lowest BCUT2D eigenvalue weighted by atomic mass is 10.1. The number of carbonyl (C=O) groups excluding carboxylic acids is 2. The molecule has 1 N–H and O–H groups in total. The number of aromatic nitrogens is 2. The molecule has 1 atom stereocenters. The molecule has 0 bridgehead atoms. The van der Waals surface area contributed by atoms with Gasteiger partial charge in [-0.1, -0.05) is 44.5 Å². The van der Waals surface area contributed by atoms with Crippen molar-refractivity contribution in [3.8, 4) is 11.3 Å². The third-order valence-electron chi connectivity index (χ3n) is 5.90. The van der Waals surface area contributed by atoms with Crippen molar-refractivity contribution in [1.82, 2.24) is 15.1 Å². The number of alkyl carbamates (subject to hydrolysis) is 1. The van der Waals surface area contributed by atoms with Crippen LogP contribution >= 0.6 is 11.6 Å². The highest BCUT2D eigenvalue weighted by molar-refractivity contribution is 6.73. The lowest BCUT2D eigenvalue weighted by Gasteiger charge is -2.34. The molecule has 0 aliphatic heterocycles. The Labute approximate surface area is 225 Å². The minimum absolute atomic E-state index is 0.0192. The number of esters is 1. The number of hydrogen-bond donors (Lipinski definition) is 1. The molecule has 1 heterocycles. The summed E-state index contributed by atoms with van der Waals surface area (Å²) in [4.78, 5) is 31.0. The number of ether oxygens (including phenoxy) is 2. The van der Waals surface area contributed by atoms with E-state index >= 15 is 0 Å². The zero-order chi connectivity index (χ0) is 28.0. The maximum atomic E-state index is 12.9. The summed E-state index contributed by atoms with van der Waals surface area (Å²) < 4.78 is 18.1. The fourth-order valence-electron chi connectivity index (χ4n) is 2.94. The van der Waals surface area contributed by atoms with Crippen LogP contribution in [-0.4, -0.2) is 55.5 Å². The number of amides is 1. The van der Waals surface area contributed by atoms with Crippen molar-refractivity contribution >= 4 is 32.0 Å². The molecule has 2 aromatic rings. The van der Waals surface area contributed by atoms with E-state index in [2.05, 4.69) is 44.3 Å². The van der Waals surface area contributed by atoms with Gasteiger partial charge in [0.2, 0.25) is 8.32 Å². The van der Waals surface area contributed by atoms with Gasteiger partial charge >= 0.3 is 12.1 Å². The first-order valence-corrected chi connectivity index (χ1v) is 15.6. The Morgan fingerprint density at radius 2 is 1.81 bits per heavy atom. The number of benzene rings is 1. The number of nitrogens with zero attached hydrogens (tertiary/aromatic N) is 2. The number of halogens is 1. The second kappa shape index (κ2) is 12.4. The molecule has 206 valence electrons. The molecule has 37 heavy (non-hydrogen) atoms. The number of rotatable bonds is 10. The quantitative estimate of drug-likeness (QED) is 0.157. The van der Waals surface area contributed by atoms with Crippen LogP contribution in [0, 0.1) is 0 Å². The molecule has 1 aromatic carbocycles. The average molecular weight is 554 g/mol. The van der Waals surface area contributed by atoms with E-state index in [1.165, 1.54) is 4.68 Å². The molecule has 9 nitrogen and oxygen atoms in total. The summed E-state index contributed by atoms with van der Waals surface area (Å²) in [6, 6.07) is 8.20. The van der Waals surface area contributed by atoms with Gasteiger partial charge in [0.15, 0.2) is 0 Å². The summed E-state index contributed by atoms with van der Waals surface area (Å²) in [6.07, 6.45) is -0.595. The highest BCUT2D eigenvalue weighted by Gasteiger charge is 2.39. The van der Waals surface area contributed by atoms with Gasteiger partial charge < -0.3 is 14.8 Å². The van der Waals surface area contributed by atoms with Crippen molar-refractivity contribution in [2.75, 3.05) is 19.8 Å². The van der Waals surface area contributed by atoms with Crippen LogP contribution in [0.1, 0.15) is 65.0 Å². The first-order valence-electron chi connectivity index (χ1n) is 12.3. The van der Waals surface area contributed by atoms with Gasteiger partial charge in [0.05, 0.1) is 18.3 Å². The summed E-state index contributed by atoms with van der Waals surface area (Å²) in [5.41, 5.74) is 0.805. The summed E-state index contributed by atoms with van der Waals surface area (Å²) in [6.45, 7) is 17.8. The maximum absolute atomic E-state index is 12.9. The molecule has 0 saturated carbocycles. The molecular formula is C26H40ClN3O6Si. The van der Waals surface area contributed by atoms with Gasteiger partial charge in [-0.3, -0.25) is 9.26 Å².